The molecule has 10 heteroatoms. The van der Waals surface area contributed by atoms with Crippen molar-refractivity contribution in [2.45, 2.75) is 25.9 Å². The fraction of sp³-hybridized carbons (Fsp3) is 0.500. The van der Waals surface area contributed by atoms with E-state index in [1.165, 1.54) is 2.78 Å². The van der Waals surface area contributed by atoms with Crippen molar-refractivity contribution in [3.05, 3.63) is 26.9 Å². The Hall–Kier alpha value is -0.400. The molecule has 0 spiro atoms. The molecule has 140 valence electrons. The molecule has 2 aliphatic heterocycles. The van der Waals surface area contributed by atoms with Crippen LogP contribution in [0.5, 0.6) is 0 Å². The lowest BCUT2D eigenvalue weighted by atomic mass is 10.1. The molecule has 2 unspecified atom stereocenters. The lowest BCUT2D eigenvalue weighted by Gasteiger charge is -2.43. The summed E-state index contributed by atoms with van der Waals surface area (Å²) in [5.41, 5.74) is 0.969. The minimum absolute atomic E-state index is 0.110. The average Bonchev–Trinajstić information content (AvgIpc) is 2.69. The highest BCUT2D eigenvalue weighted by molar-refractivity contribution is 14.1. The van der Waals surface area contributed by atoms with Crippen LogP contribution in [-0.2, 0) is 0 Å². The van der Waals surface area contributed by atoms with Crippen molar-refractivity contribution in [3.8, 4) is 0 Å². The van der Waals surface area contributed by atoms with E-state index in [1.807, 2.05) is 34.8 Å². The minimum Gasteiger partial charge on any atom is -0.369 e. The second kappa shape index (κ2) is 6.59. The van der Waals surface area contributed by atoms with Crippen LogP contribution in [0.3, 0.4) is 0 Å². The molecule has 6 nitrogen and oxygen atoms in total. The topological polar surface area (TPSA) is 44.6 Å². The second-order valence-electron chi connectivity index (χ2n) is 6.94. The molecule has 1 aromatic heterocycles. The molecule has 1 saturated heterocycles. The monoisotopic (exact) mass is 603 g/mol. The van der Waals surface area contributed by atoms with Gasteiger partial charge in [-0.15, -0.1) is 0 Å². The van der Waals surface area contributed by atoms with Crippen molar-refractivity contribution in [1.82, 2.24) is 10.9 Å². The highest BCUT2D eigenvalue weighted by Crippen LogP contribution is 2.44. The third-order valence-corrected chi connectivity index (χ3v) is 7.94. The SMILES string of the molecule is Cc1c(F)c2c3c(nc(=O)n(I)c3c1Cl)N1CC(C)N(I)CC1CN2C. The Morgan fingerprint density at radius 1 is 1.27 bits per heavy atom. The average molecular weight is 604 g/mol. The second-order valence-corrected chi connectivity index (χ2v) is 9.52. The van der Waals surface area contributed by atoms with Crippen molar-refractivity contribution in [2.75, 3.05) is 36.5 Å². The van der Waals surface area contributed by atoms with Crippen LogP contribution in [0.4, 0.5) is 15.9 Å². The van der Waals surface area contributed by atoms with Gasteiger partial charge in [-0.3, -0.25) is 0 Å². The zero-order valence-corrected chi connectivity index (χ0v) is 19.5. The predicted molar refractivity (Wildman–Crippen MR) is 120 cm³/mol. The van der Waals surface area contributed by atoms with Gasteiger partial charge in [-0.1, -0.05) is 11.6 Å². The molecule has 1 aromatic carbocycles. The zero-order valence-electron chi connectivity index (χ0n) is 14.4. The maximum absolute atomic E-state index is 15.2. The summed E-state index contributed by atoms with van der Waals surface area (Å²) in [7, 11) is 1.89. The van der Waals surface area contributed by atoms with Gasteiger partial charge in [0, 0.05) is 61.2 Å². The van der Waals surface area contributed by atoms with E-state index >= 15 is 4.39 Å². The first-order valence-corrected chi connectivity index (χ1v) is 10.5. The van der Waals surface area contributed by atoms with E-state index in [4.69, 9.17) is 11.6 Å². The number of fused-ring (bicyclic) bond motifs is 2. The fourth-order valence-corrected chi connectivity index (χ4v) is 5.48. The number of piperazine rings is 1. The van der Waals surface area contributed by atoms with Gasteiger partial charge < -0.3 is 9.80 Å². The van der Waals surface area contributed by atoms with E-state index in [-0.39, 0.29) is 22.6 Å². The normalized spacial score (nSPS) is 23.3. The summed E-state index contributed by atoms with van der Waals surface area (Å²) in [6.45, 7) is 5.96. The standard InChI is InChI=1S/C16H17ClFI2N5O/c1-7-4-23-9(6-24(7)19)5-22(3)14-10-13(11(17)8(2)12(14)18)25(20)16(26)21-15(10)23/h7,9H,4-6H2,1-3H3. The summed E-state index contributed by atoms with van der Waals surface area (Å²) in [4.78, 5) is 21.0. The third kappa shape index (κ3) is 2.64. The van der Waals surface area contributed by atoms with E-state index in [9.17, 15) is 4.79 Å². The number of nitrogens with zero attached hydrogens (tertiary/aromatic N) is 5. The highest BCUT2D eigenvalue weighted by Gasteiger charge is 2.38. The number of halogens is 4. The number of aromatic nitrogens is 2. The molecule has 0 saturated carbocycles. The Kier molecular flexibility index (Phi) is 4.80. The largest absolute Gasteiger partial charge is 0.369 e. The summed E-state index contributed by atoms with van der Waals surface area (Å²) in [5, 5.41) is 0.884. The molecule has 2 aliphatic rings. The summed E-state index contributed by atoms with van der Waals surface area (Å²) in [6.07, 6.45) is 0. The maximum Gasteiger partial charge on any atom is 0.359 e. The van der Waals surface area contributed by atoms with Gasteiger partial charge in [0.25, 0.3) is 0 Å². The number of hydrogen-bond donors (Lipinski definition) is 0. The lowest BCUT2D eigenvalue weighted by Crippen LogP contribution is -2.57. The number of hydrogen-bond acceptors (Lipinski definition) is 5. The van der Waals surface area contributed by atoms with E-state index in [0.29, 0.717) is 40.6 Å². The fourth-order valence-electron chi connectivity index (χ4n) is 3.86. The Labute approximate surface area is 183 Å². The molecule has 0 N–H and O–H groups in total. The molecular formula is C16H17ClFI2N5O. The summed E-state index contributed by atoms with van der Waals surface area (Å²) >= 11 is 10.7. The molecule has 26 heavy (non-hydrogen) atoms. The van der Waals surface area contributed by atoms with Crippen molar-refractivity contribution in [2.24, 2.45) is 0 Å². The molecule has 2 aromatic rings. The molecule has 0 bridgehead atoms. The molecule has 0 amide bonds. The van der Waals surface area contributed by atoms with Gasteiger partial charge in [0.05, 0.1) is 50.5 Å². The van der Waals surface area contributed by atoms with Crippen LogP contribution in [0.15, 0.2) is 4.79 Å². The predicted octanol–water partition coefficient (Wildman–Crippen LogP) is 3.37. The van der Waals surface area contributed by atoms with Gasteiger partial charge in [0.15, 0.2) is 5.82 Å². The Morgan fingerprint density at radius 2 is 1.96 bits per heavy atom. The van der Waals surface area contributed by atoms with Crippen molar-refractivity contribution in [3.63, 3.8) is 0 Å². The van der Waals surface area contributed by atoms with Crippen molar-refractivity contribution >= 4 is 79.7 Å². The third-order valence-electron chi connectivity index (χ3n) is 5.24. The summed E-state index contributed by atoms with van der Waals surface area (Å²) < 4.78 is 18.9. The first-order valence-electron chi connectivity index (χ1n) is 8.23. The highest BCUT2D eigenvalue weighted by atomic mass is 127. The van der Waals surface area contributed by atoms with Crippen LogP contribution >= 0.6 is 57.3 Å². The van der Waals surface area contributed by atoms with Crippen LogP contribution in [0.25, 0.3) is 10.9 Å². The van der Waals surface area contributed by atoms with Gasteiger partial charge in [0.1, 0.15) is 5.82 Å². The van der Waals surface area contributed by atoms with Gasteiger partial charge in [-0.05, 0) is 13.8 Å². The number of likely N-dealkylation sites (N-methyl/N-ethyl adjacent to an activating group) is 1. The van der Waals surface area contributed by atoms with E-state index in [1.54, 1.807) is 6.92 Å². The van der Waals surface area contributed by atoms with Crippen LogP contribution < -0.4 is 15.5 Å². The Bertz CT molecular complexity index is 984. The van der Waals surface area contributed by atoms with Crippen molar-refractivity contribution < 1.29 is 4.39 Å². The van der Waals surface area contributed by atoms with Crippen LogP contribution in [0.1, 0.15) is 12.5 Å². The molecular weight excluding hydrogens is 586 g/mol. The van der Waals surface area contributed by atoms with Crippen molar-refractivity contribution in [1.29, 1.82) is 0 Å². The van der Waals surface area contributed by atoms with Crippen LogP contribution in [-0.4, -0.2) is 49.6 Å². The molecule has 0 aliphatic carbocycles. The van der Waals surface area contributed by atoms with Gasteiger partial charge in [-0.2, -0.15) is 4.98 Å². The van der Waals surface area contributed by atoms with Crippen LogP contribution in [0.2, 0.25) is 5.02 Å². The maximum atomic E-state index is 15.2. The first kappa shape index (κ1) is 18.9. The number of rotatable bonds is 0. The van der Waals surface area contributed by atoms with E-state index in [0.717, 1.165) is 13.1 Å². The van der Waals surface area contributed by atoms with E-state index in [2.05, 4.69) is 42.8 Å². The molecule has 2 atom stereocenters. The summed E-state index contributed by atoms with van der Waals surface area (Å²) in [6, 6.07) is 0.405. The lowest BCUT2D eigenvalue weighted by molar-refractivity contribution is 0.312. The molecule has 3 heterocycles. The minimum atomic E-state index is -0.389. The number of anilines is 2. The smallest absolute Gasteiger partial charge is 0.359 e. The molecule has 0 radical (unpaired) electrons. The first-order chi connectivity index (χ1) is 12.2. The molecule has 4 rings (SSSR count). The summed E-state index contributed by atoms with van der Waals surface area (Å²) in [5.74, 6) is 0.196. The van der Waals surface area contributed by atoms with Gasteiger partial charge in [0.2, 0.25) is 0 Å². The Morgan fingerprint density at radius 3 is 2.65 bits per heavy atom. The van der Waals surface area contributed by atoms with Gasteiger partial charge >= 0.3 is 5.69 Å². The van der Waals surface area contributed by atoms with Crippen LogP contribution in [0, 0.1) is 12.7 Å². The number of benzene rings is 1. The Balaban J connectivity index is 2.13. The van der Waals surface area contributed by atoms with Gasteiger partial charge in [-0.25, -0.2) is 15.1 Å². The van der Waals surface area contributed by atoms with E-state index < -0.39 is 0 Å². The zero-order chi connectivity index (χ0) is 18.9. The molecule has 1 fully saturated rings. The quantitative estimate of drug-likeness (QED) is 0.342.